The summed E-state index contributed by atoms with van der Waals surface area (Å²) in [6, 6.07) is 3.40. The lowest BCUT2D eigenvalue weighted by Gasteiger charge is -2.27. The van der Waals surface area contributed by atoms with Gasteiger partial charge in [0.25, 0.3) is 0 Å². The predicted molar refractivity (Wildman–Crippen MR) is 97.7 cm³/mol. The molecule has 2 aromatic rings. The molecular weight excluding hydrogens is 375 g/mol. The summed E-state index contributed by atoms with van der Waals surface area (Å²) in [7, 11) is 0. The van der Waals surface area contributed by atoms with Gasteiger partial charge in [-0.3, -0.25) is 4.79 Å². The molecule has 0 spiro atoms. The molecule has 6 nitrogen and oxygen atoms in total. The van der Waals surface area contributed by atoms with E-state index in [1.165, 1.54) is 30.4 Å². The average Bonchev–Trinajstić information content (AvgIpc) is 3.26. The molecule has 0 radical (unpaired) electrons. The number of ether oxygens (including phenoxy) is 1. The Labute approximate surface area is 161 Å². The minimum absolute atomic E-state index is 0.0622. The molecule has 1 aromatic carbocycles. The van der Waals surface area contributed by atoms with Crippen LogP contribution in [0, 0.1) is 17.8 Å². The van der Waals surface area contributed by atoms with Crippen molar-refractivity contribution < 1.29 is 9.53 Å². The number of fused-ring (bicyclic) bond motifs is 2. The highest BCUT2D eigenvalue weighted by atomic mass is 35.5. The van der Waals surface area contributed by atoms with E-state index < -0.39 is 0 Å². The Morgan fingerprint density at radius 1 is 1.19 bits per heavy atom. The first kappa shape index (κ1) is 17.7. The van der Waals surface area contributed by atoms with Crippen molar-refractivity contribution in [2.45, 2.75) is 38.6 Å². The zero-order valence-electron chi connectivity index (χ0n) is 14.3. The summed E-state index contributed by atoms with van der Waals surface area (Å²) < 4.78 is 5.73. The zero-order chi connectivity index (χ0) is 18.1. The van der Waals surface area contributed by atoms with Gasteiger partial charge in [-0.2, -0.15) is 4.80 Å². The Morgan fingerprint density at radius 2 is 1.96 bits per heavy atom. The van der Waals surface area contributed by atoms with E-state index in [1.54, 1.807) is 12.1 Å². The summed E-state index contributed by atoms with van der Waals surface area (Å²) in [6.07, 6.45) is 7.10. The van der Waals surface area contributed by atoms with Gasteiger partial charge in [-0.15, -0.1) is 10.2 Å². The number of tetrazole rings is 1. The van der Waals surface area contributed by atoms with Crippen molar-refractivity contribution in [3.8, 4) is 5.75 Å². The number of carbonyl (C=O) groups is 1. The minimum Gasteiger partial charge on any atom is -0.488 e. The molecule has 0 amide bonds. The monoisotopic (exact) mass is 394 g/mol. The third-order valence-electron chi connectivity index (χ3n) is 5.50. The molecule has 2 aliphatic carbocycles. The van der Waals surface area contributed by atoms with Gasteiger partial charge < -0.3 is 4.74 Å². The van der Waals surface area contributed by atoms with Crippen LogP contribution in [0.3, 0.4) is 0 Å². The van der Waals surface area contributed by atoms with Crippen molar-refractivity contribution in [1.82, 2.24) is 20.2 Å². The van der Waals surface area contributed by atoms with Crippen LogP contribution in [0.1, 0.15) is 42.5 Å². The van der Waals surface area contributed by atoms with Crippen molar-refractivity contribution in [3.05, 3.63) is 34.1 Å². The Balaban J connectivity index is 1.48. The topological polar surface area (TPSA) is 69.9 Å². The summed E-state index contributed by atoms with van der Waals surface area (Å²) in [5, 5.41) is 12.0. The summed E-state index contributed by atoms with van der Waals surface area (Å²) in [4.78, 5) is 14.5. The van der Waals surface area contributed by atoms with Gasteiger partial charge in [0.1, 0.15) is 6.61 Å². The summed E-state index contributed by atoms with van der Waals surface area (Å²) in [6.45, 7) is 0.692. The van der Waals surface area contributed by atoms with E-state index in [0.29, 0.717) is 39.7 Å². The van der Waals surface area contributed by atoms with E-state index >= 15 is 0 Å². The van der Waals surface area contributed by atoms with Crippen LogP contribution in [0.5, 0.6) is 5.75 Å². The van der Waals surface area contributed by atoms with Crippen LogP contribution in [0.25, 0.3) is 0 Å². The standard InChI is InChI=1S/C18H20Cl2N4O2/c19-15-4-3-14(17(25)13-8-11-1-2-12(7-11)9-13)16(20)18(15)26-6-5-24-22-10-21-23-24/h3-4,10-13H,1-2,5-9H2. The minimum atomic E-state index is 0.0622. The third-order valence-corrected chi connectivity index (χ3v) is 6.17. The fraction of sp³-hybridized carbons (Fsp3) is 0.556. The molecule has 0 aliphatic heterocycles. The fourth-order valence-electron chi connectivity index (χ4n) is 4.32. The van der Waals surface area contributed by atoms with Crippen LogP contribution in [-0.2, 0) is 6.54 Å². The molecule has 2 atom stereocenters. The third kappa shape index (κ3) is 3.58. The van der Waals surface area contributed by atoms with Crippen molar-refractivity contribution in [3.63, 3.8) is 0 Å². The zero-order valence-corrected chi connectivity index (χ0v) is 15.8. The van der Waals surface area contributed by atoms with Crippen molar-refractivity contribution in [2.24, 2.45) is 17.8 Å². The van der Waals surface area contributed by atoms with Gasteiger partial charge >= 0.3 is 0 Å². The Morgan fingerprint density at radius 3 is 2.65 bits per heavy atom. The number of ketones is 1. The molecule has 2 unspecified atom stereocenters. The molecule has 138 valence electrons. The molecule has 0 N–H and O–H groups in total. The molecule has 2 saturated carbocycles. The van der Waals surface area contributed by atoms with Gasteiger partial charge in [-0.05, 0) is 48.4 Å². The van der Waals surface area contributed by atoms with Gasteiger partial charge in [-0.25, -0.2) is 0 Å². The van der Waals surface area contributed by atoms with Gasteiger partial charge in [-0.1, -0.05) is 36.0 Å². The van der Waals surface area contributed by atoms with E-state index in [9.17, 15) is 4.79 Å². The van der Waals surface area contributed by atoms with Crippen molar-refractivity contribution >= 4 is 29.0 Å². The molecule has 0 saturated heterocycles. The first-order chi connectivity index (χ1) is 12.6. The van der Waals surface area contributed by atoms with Gasteiger partial charge in [0.15, 0.2) is 17.9 Å². The second-order valence-electron chi connectivity index (χ2n) is 7.20. The van der Waals surface area contributed by atoms with Crippen LogP contribution < -0.4 is 4.74 Å². The van der Waals surface area contributed by atoms with Crippen LogP contribution in [0.4, 0.5) is 0 Å². The lowest BCUT2D eigenvalue weighted by molar-refractivity contribution is 0.0857. The van der Waals surface area contributed by atoms with E-state index in [1.807, 2.05) is 0 Å². The first-order valence-electron chi connectivity index (χ1n) is 8.97. The molecule has 2 bridgehead atoms. The van der Waals surface area contributed by atoms with Crippen LogP contribution >= 0.6 is 23.2 Å². The van der Waals surface area contributed by atoms with Crippen LogP contribution in [0.2, 0.25) is 10.0 Å². The Kier molecular flexibility index (Phi) is 5.14. The molecule has 4 rings (SSSR count). The molecule has 8 heteroatoms. The quantitative estimate of drug-likeness (QED) is 0.690. The summed E-state index contributed by atoms with van der Waals surface area (Å²) in [5.41, 5.74) is 0.510. The number of aromatic nitrogens is 4. The smallest absolute Gasteiger partial charge is 0.167 e. The molecule has 2 aliphatic rings. The molecule has 1 aromatic heterocycles. The van der Waals surface area contributed by atoms with Gasteiger partial charge in [0.2, 0.25) is 0 Å². The average molecular weight is 395 g/mol. The summed E-state index contributed by atoms with van der Waals surface area (Å²) >= 11 is 12.7. The lowest BCUT2D eigenvalue weighted by atomic mass is 9.77. The van der Waals surface area contributed by atoms with Crippen molar-refractivity contribution in [1.29, 1.82) is 0 Å². The Bertz CT molecular complexity index is 785. The molecular formula is C18H20Cl2N4O2. The highest BCUT2D eigenvalue weighted by molar-refractivity contribution is 6.39. The normalized spacial score (nSPS) is 24.6. The van der Waals surface area contributed by atoms with E-state index in [0.717, 1.165) is 12.8 Å². The fourth-order valence-corrected chi connectivity index (χ4v) is 4.89. The molecule has 26 heavy (non-hydrogen) atoms. The number of halogens is 2. The predicted octanol–water partition coefficient (Wildman–Crippen LogP) is 4.07. The largest absolute Gasteiger partial charge is 0.488 e. The van der Waals surface area contributed by atoms with E-state index in [-0.39, 0.29) is 18.3 Å². The highest BCUT2D eigenvalue weighted by Crippen LogP contribution is 2.46. The highest BCUT2D eigenvalue weighted by Gasteiger charge is 2.38. The molecule has 2 fully saturated rings. The maximum atomic E-state index is 13.0. The lowest BCUT2D eigenvalue weighted by Crippen LogP contribution is -2.24. The number of carbonyl (C=O) groups excluding carboxylic acids is 1. The van der Waals surface area contributed by atoms with Gasteiger partial charge in [0, 0.05) is 11.5 Å². The maximum absolute atomic E-state index is 13.0. The van der Waals surface area contributed by atoms with Crippen LogP contribution in [0.15, 0.2) is 18.5 Å². The van der Waals surface area contributed by atoms with Crippen LogP contribution in [-0.4, -0.2) is 32.6 Å². The van der Waals surface area contributed by atoms with E-state index in [2.05, 4.69) is 15.4 Å². The molecule has 1 heterocycles. The summed E-state index contributed by atoms with van der Waals surface area (Å²) in [5.74, 6) is 1.91. The Hall–Kier alpha value is -1.66. The second-order valence-corrected chi connectivity index (χ2v) is 7.98. The number of nitrogens with zero attached hydrogens (tertiary/aromatic N) is 4. The number of hydrogen-bond acceptors (Lipinski definition) is 5. The van der Waals surface area contributed by atoms with Gasteiger partial charge in [0.05, 0.1) is 16.6 Å². The second kappa shape index (κ2) is 7.53. The number of hydrogen-bond donors (Lipinski definition) is 0. The van der Waals surface area contributed by atoms with Crippen molar-refractivity contribution in [2.75, 3.05) is 6.61 Å². The first-order valence-corrected chi connectivity index (χ1v) is 9.73. The maximum Gasteiger partial charge on any atom is 0.167 e. The number of Topliss-reactive ketones (excluding diaryl/α,β-unsaturated/α-hetero) is 1. The SMILES string of the molecule is O=C(c1ccc(Cl)c(OCCn2ncnn2)c1Cl)C1CC2CCC(C2)C1. The number of rotatable bonds is 6. The number of benzene rings is 1. The van der Waals surface area contributed by atoms with E-state index in [4.69, 9.17) is 27.9 Å².